The van der Waals surface area contributed by atoms with Gasteiger partial charge in [0, 0.05) is 11.1 Å². The molecule has 0 spiro atoms. The second kappa shape index (κ2) is 5.22. The Morgan fingerprint density at radius 3 is 2.50 bits per heavy atom. The normalized spacial score (nSPS) is 18.7. The molecule has 1 aromatic carbocycles. The molecule has 1 aliphatic carbocycles. The number of hydrogen-bond acceptors (Lipinski definition) is 2. The number of rotatable bonds is 3. The number of benzene rings is 1. The summed E-state index contributed by atoms with van der Waals surface area (Å²) in [5, 5.41) is 0. The smallest absolute Gasteiger partial charge is 0.165 e. The molecule has 1 aliphatic rings. The van der Waals surface area contributed by atoms with Gasteiger partial charge >= 0.3 is 0 Å². The van der Waals surface area contributed by atoms with Gasteiger partial charge in [0.05, 0.1) is 7.11 Å². The van der Waals surface area contributed by atoms with Crippen LogP contribution < -0.4 is 10.5 Å². The molecule has 18 heavy (non-hydrogen) atoms. The zero-order chi connectivity index (χ0) is 13.2. The number of ether oxygens (including phenoxy) is 1. The van der Waals surface area contributed by atoms with E-state index in [9.17, 15) is 8.78 Å². The molecule has 0 radical (unpaired) electrons. The molecule has 0 unspecified atom stereocenters. The van der Waals surface area contributed by atoms with Gasteiger partial charge in [-0.3, -0.25) is 0 Å². The molecule has 4 heteroatoms. The molecule has 0 aromatic heterocycles. The van der Waals surface area contributed by atoms with Gasteiger partial charge in [-0.25, -0.2) is 8.78 Å². The number of nitrogens with two attached hydrogens (primary N) is 1. The Labute approximate surface area is 106 Å². The first-order chi connectivity index (χ1) is 8.60. The standard InChI is InChI=1S/C14H19F2NO/c1-18-13-11(7-10(9-15)8-12(13)16)14(17)5-3-2-4-6-14/h7-8H,2-6,9,17H2,1H3. The van der Waals surface area contributed by atoms with Crippen LogP contribution in [0.2, 0.25) is 0 Å². The molecule has 1 fully saturated rings. The highest BCUT2D eigenvalue weighted by Crippen LogP contribution is 2.40. The van der Waals surface area contributed by atoms with E-state index in [1.54, 1.807) is 6.07 Å². The fourth-order valence-electron chi connectivity index (χ4n) is 2.76. The Hall–Kier alpha value is -1.16. The lowest BCUT2D eigenvalue weighted by atomic mass is 9.76. The molecule has 0 saturated heterocycles. The Kier molecular flexibility index (Phi) is 3.85. The molecule has 1 saturated carbocycles. The van der Waals surface area contributed by atoms with Crippen molar-refractivity contribution in [3.05, 3.63) is 29.1 Å². The van der Waals surface area contributed by atoms with Crippen LogP contribution in [0.3, 0.4) is 0 Å². The van der Waals surface area contributed by atoms with E-state index in [0.717, 1.165) is 32.1 Å². The van der Waals surface area contributed by atoms with Gasteiger partial charge in [0.25, 0.3) is 0 Å². The summed E-state index contributed by atoms with van der Waals surface area (Å²) < 4.78 is 31.8. The van der Waals surface area contributed by atoms with Crippen molar-refractivity contribution >= 4 is 0 Å². The third-order valence-electron chi connectivity index (χ3n) is 3.74. The van der Waals surface area contributed by atoms with Crippen LogP contribution in [0, 0.1) is 5.82 Å². The molecule has 0 amide bonds. The van der Waals surface area contributed by atoms with E-state index in [1.165, 1.54) is 13.2 Å². The van der Waals surface area contributed by atoms with Crippen LogP contribution in [0.1, 0.15) is 43.2 Å². The van der Waals surface area contributed by atoms with Crippen LogP contribution in [-0.4, -0.2) is 7.11 Å². The fraction of sp³-hybridized carbons (Fsp3) is 0.571. The first kappa shape index (κ1) is 13.3. The summed E-state index contributed by atoms with van der Waals surface area (Å²) in [4.78, 5) is 0. The van der Waals surface area contributed by atoms with Crippen LogP contribution in [-0.2, 0) is 12.2 Å². The maximum atomic E-state index is 13.9. The highest BCUT2D eigenvalue weighted by Gasteiger charge is 2.33. The van der Waals surface area contributed by atoms with Gasteiger partial charge in [-0.15, -0.1) is 0 Å². The number of halogens is 2. The molecule has 0 bridgehead atoms. The quantitative estimate of drug-likeness (QED) is 0.898. The van der Waals surface area contributed by atoms with Crippen LogP contribution in [0.15, 0.2) is 12.1 Å². The molecule has 2 nitrogen and oxygen atoms in total. The average Bonchev–Trinajstić information content (AvgIpc) is 2.38. The molecule has 2 rings (SSSR count). The predicted octanol–water partition coefficient (Wildman–Crippen LogP) is 3.42. The van der Waals surface area contributed by atoms with E-state index in [-0.39, 0.29) is 5.75 Å². The van der Waals surface area contributed by atoms with E-state index in [0.29, 0.717) is 11.1 Å². The Balaban J connectivity index is 2.49. The summed E-state index contributed by atoms with van der Waals surface area (Å²) in [5.74, 6) is -0.366. The van der Waals surface area contributed by atoms with E-state index in [2.05, 4.69) is 0 Å². The first-order valence-corrected chi connectivity index (χ1v) is 6.32. The van der Waals surface area contributed by atoms with Gasteiger partial charge in [-0.05, 0) is 30.5 Å². The van der Waals surface area contributed by atoms with Gasteiger partial charge in [0.15, 0.2) is 11.6 Å². The molecular formula is C14H19F2NO. The van der Waals surface area contributed by atoms with Crippen molar-refractivity contribution in [3.8, 4) is 5.75 Å². The molecule has 0 aliphatic heterocycles. The van der Waals surface area contributed by atoms with Crippen molar-refractivity contribution < 1.29 is 13.5 Å². The summed E-state index contributed by atoms with van der Waals surface area (Å²) in [6.07, 6.45) is 4.76. The second-order valence-corrected chi connectivity index (χ2v) is 5.01. The minimum atomic E-state index is -0.690. The third-order valence-corrected chi connectivity index (χ3v) is 3.74. The van der Waals surface area contributed by atoms with Crippen LogP contribution in [0.4, 0.5) is 8.78 Å². The van der Waals surface area contributed by atoms with Crippen molar-refractivity contribution in [2.24, 2.45) is 5.73 Å². The maximum absolute atomic E-state index is 13.9. The molecule has 0 heterocycles. The minimum Gasteiger partial charge on any atom is -0.493 e. The van der Waals surface area contributed by atoms with E-state index < -0.39 is 18.0 Å². The van der Waals surface area contributed by atoms with E-state index in [4.69, 9.17) is 10.5 Å². The van der Waals surface area contributed by atoms with Crippen LogP contribution in [0.5, 0.6) is 5.75 Å². The van der Waals surface area contributed by atoms with Crippen molar-refractivity contribution in [1.29, 1.82) is 0 Å². The molecular weight excluding hydrogens is 236 g/mol. The van der Waals surface area contributed by atoms with Crippen LogP contribution in [0.25, 0.3) is 0 Å². The lowest BCUT2D eigenvalue weighted by molar-refractivity contribution is 0.283. The summed E-state index contributed by atoms with van der Waals surface area (Å²) in [6.45, 7) is -0.690. The molecule has 100 valence electrons. The average molecular weight is 255 g/mol. The van der Waals surface area contributed by atoms with Crippen molar-refractivity contribution in [3.63, 3.8) is 0 Å². The zero-order valence-electron chi connectivity index (χ0n) is 10.6. The van der Waals surface area contributed by atoms with Crippen molar-refractivity contribution in [2.45, 2.75) is 44.3 Å². The lowest BCUT2D eigenvalue weighted by Crippen LogP contribution is -2.39. The van der Waals surface area contributed by atoms with E-state index >= 15 is 0 Å². The van der Waals surface area contributed by atoms with Gasteiger partial charge in [-0.1, -0.05) is 19.3 Å². The Bertz CT molecular complexity index is 428. The maximum Gasteiger partial charge on any atom is 0.165 e. The minimum absolute atomic E-state index is 0.164. The number of alkyl halides is 1. The largest absolute Gasteiger partial charge is 0.493 e. The Morgan fingerprint density at radius 1 is 1.28 bits per heavy atom. The van der Waals surface area contributed by atoms with Gasteiger partial charge in [0.1, 0.15) is 6.67 Å². The number of hydrogen-bond donors (Lipinski definition) is 1. The van der Waals surface area contributed by atoms with Crippen molar-refractivity contribution in [1.82, 2.24) is 0 Å². The van der Waals surface area contributed by atoms with Crippen molar-refractivity contribution in [2.75, 3.05) is 7.11 Å². The lowest BCUT2D eigenvalue weighted by Gasteiger charge is -2.35. The summed E-state index contributed by atoms with van der Waals surface area (Å²) in [6, 6.07) is 2.82. The zero-order valence-corrected chi connectivity index (χ0v) is 10.6. The summed E-state index contributed by atoms with van der Waals surface area (Å²) in [5.41, 5.74) is 6.72. The second-order valence-electron chi connectivity index (χ2n) is 5.01. The van der Waals surface area contributed by atoms with E-state index in [1.807, 2.05) is 0 Å². The molecule has 0 atom stereocenters. The van der Waals surface area contributed by atoms with Gasteiger partial charge in [0.2, 0.25) is 0 Å². The highest BCUT2D eigenvalue weighted by molar-refractivity contribution is 5.43. The van der Waals surface area contributed by atoms with Crippen LogP contribution >= 0.6 is 0 Å². The molecule has 2 N–H and O–H groups in total. The monoisotopic (exact) mass is 255 g/mol. The topological polar surface area (TPSA) is 35.2 Å². The van der Waals surface area contributed by atoms with Gasteiger partial charge < -0.3 is 10.5 Å². The molecule has 1 aromatic rings. The first-order valence-electron chi connectivity index (χ1n) is 6.32. The third kappa shape index (κ3) is 2.34. The Morgan fingerprint density at radius 2 is 1.94 bits per heavy atom. The SMILES string of the molecule is COc1c(F)cc(CF)cc1C1(N)CCCCC1. The predicted molar refractivity (Wildman–Crippen MR) is 66.7 cm³/mol. The number of methoxy groups -OCH3 is 1. The fourth-order valence-corrected chi connectivity index (χ4v) is 2.76. The summed E-state index contributed by atoms with van der Waals surface area (Å²) >= 11 is 0. The van der Waals surface area contributed by atoms with Gasteiger partial charge in [-0.2, -0.15) is 0 Å². The highest BCUT2D eigenvalue weighted by atomic mass is 19.1. The summed E-state index contributed by atoms with van der Waals surface area (Å²) in [7, 11) is 1.42.